The van der Waals surface area contributed by atoms with E-state index in [9.17, 15) is 0 Å². The second kappa shape index (κ2) is 5.82. The summed E-state index contributed by atoms with van der Waals surface area (Å²) in [5, 5.41) is 7.91. The number of nitrogens with one attached hydrogen (secondary N) is 1. The largest absolute Gasteiger partial charge is 0.369 e. The number of nitrogens with zero attached hydrogens (tertiary/aromatic N) is 4. The van der Waals surface area contributed by atoms with Crippen molar-refractivity contribution >= 4 is 17.4 Å². The number of hydrogen-bond acceptors (Lipinski definition) is 4. The van der Waals surface area contributed by atoms with E-state index in [0.29, 0.717) is 16.7 Å². The van der Waals surface area contributed by atoms with Crippen molar-refractivity contribution < 1.29 is 0 Å². The molecule has 0 spiro atoms. The topological polar surface area (TPSA) is 55.6 Å². The maximum atomic E-state index is 5.99. The first-order valence-corrected chi connectivity index (χ1v) is 6.23. The first kappa shape index (κ1) is 12.8. The SMILES string of the molecule is Cc1ncc(Cl)c(NCCCc2cnn(C)c2)n1. The van der Waals surface area contributed by atoms with E-state index in [-0.39, 0.29) is 0 Å². The van der Waals surface area contributed by atoms with Gasteiger partial charge in [0.15, 0.2) is 0 Å². The monoisotopic (exact) mass is 265 g/mol. The smallest absolute Gasteiger partial charge is 0.148 e. The lowest BCUT2D eigenvalue weighted by Gasteiger charge is -2.06. The Morgan fingerprint density at radius 3 is 2.94 bits per heavy atom. The molecule has 0 aromatic carbocycles. The zero-order valence-corrected chi connectivity index (χ0v) is 11.3. The van der Waals surface area contributed by atoms with Gasteiger partial charge in [-0.15, -0.1) is 0 Å². The lowest BCUT2D eigenvalue weighted by atomic mass is 10.2. The second-order valence-corrected chi connectivity index (χ2v) is 4.57. The van der Waals surface area contributed by atoms with Crippen LogP contribution in [0.5, 0.6) is 0 Å². The van der Waals surface area contributed by atoms with Crippen molar-refractivity contribution in [2.45, 2.75) is 19.8 Å². The van der Waals surface area contributed by atoms with E-state index in [1.807, 2.05) is 31.0 Å². The minimum Gasteiger partial charge on any atom is -0.369 e. The van der Waals surface area contributed by atoms with Gasteiger partial charge in [0.1, 0.15) is 16.7 Å². The van der Waals surface area contributed by atoms with Gasteiger partial charge in [-0.1, -0.05) is 11.6 Å². The zero-order valence-electron chi connectivity index (χ0n) is 10.5. The van der Waals surface area contributed by atoms with Gasteiger partial charge in [0.2, 0.25) is 0 Å². The van der Waals surface area contributed by atoms with Crippen LogP contribution in [0.1, 0.15) is 17.8 Å². The summed E-state index contributed by atoms with van der Waals surface area (Å²) in [4.78, 5) is 8.27. The highest BCUT2D eigenvalue weighted by atomic mass is 35.5. The van der Waals surface area contributed by atoms with E-state index in [4.69, 9.17) is 11.6 Å². The normalized spacial score (nSPS) is 10.6. The Bertz CT molecular complexity index is 523. The molecule has 2 heterocycles. The average molecular weight is 266 g/mol. The van der Waals surface area contributed by atoms with Crippen molar-refractivity contribution in [2.24, 2.45) is 7.05 Å². The number of rotatable bonds is 5. The number of anilines is 1. The summed E-state index contributed by atoms with van der Waals surface area (Å²) < 4.78 is 1.81. The molecular weight excluding hydrogens is 250 g/mol. The van der Waals surface area contributed by atoms with Gasteiger partial charge in [0.25, 0.3) is 0 Å². The Morgan fingerprint density at radius 1 is 1.39 bits per heavy atom. The van der Waals surface area contributed by atoms with Crippen LogP contribution in [-0.4, -0.2) is 26.3 Å². The molecular formula is C12H16ClN5. The van der Waals surface area contributed by atoms with E-state index in [1.165, 1.54) is 5.56 Å². The Morgan fingerprint density at radius 2 is 2.22 bits per heavy atom. The lowest BCUT2D eigenvalue weighted by molar-refractivity contribution is 0.765. The van der Waals surface area contributed by atoms with Gasteiger partial charge in [-0.05, 0) is 25.3 Å². The maximum Gasteiger partial charge on any atom is 0.148 e. The highest BCUT2D eigenvalue weighted by Crippen LogP contribution is 2.17. The highest BCUT2D eigenvalue weighted by molar-refractivity contribution is 6.32. The fraction of sp³-hybridized carbons (Fsp3) is 0.417. The van der Waals surface area contributed by atoms with Gasteiger partial charge in [-0.25, -0.2) is 9.97 Å². The minimum atomic E-state index is 0.557. The summed E-state index contributed by atoms with van der Waals surface area (Å²) >= 11 is 5.99. The van der Waals surface area contributed by atoms with Crippen LogP contribution in [0.15, 0.2) is 18.6 Å². The van der Waals surface area contributed by atoms with E-state index in [1.54, 1.807) is 6.20 Å². The third-order valence-electron chi connectivity index (χ3n) is 2.56. The minimum absolute atomic E-state index is 0.557. The third-order valence-corrected chi connectivity index (χ3v) is 2.83. The van der Waals surface area contributed by atoms with Gasteiger partial charge >= 0.3 is 0 Å². The number of aromatic nitrogens is 4. The molecule has 0 atom stereocenters. The van der Waals surface area contributed by atoms with Crippen LogP contribution in [0.25, 0.3) is 0 Å². The van der Waals surface area contributed by atoms with Crippen LogP contribution in [0.4, 0.5) is 5.82 Å². The van der Waals surface area contributed by atoms with E-state index in [2.05, 4.69) is 20.4 Å². The number of halogens is 1. The van der Waals surface area contributed by atoms with Crippen molar-refractivity contribution in [3.05, 3.63) is 35.0 Å². The molecule has 1 N–H and O–H groups in total. The highest BCUT2D eigenvalue weighted by Gasteiger charge is 2.02. The van der Waals surface area contributed by atoms with E-state index >= 15 is 0 Å². The average Bonchev–Trinajstić information content (AvgIpc) is 2.75. The van der Waals surface area contributed by atoms with Gasteiger partial charge in [0.05, 0.1) is 12.4 Å². The molecule has 0 unspecified atom stereocenters. The second-order valence-electron chi connectivity index (χ2n) is 4.17. The van der Waals surface area contributed by atoms with Crippen molar-refractivity contribution in [3.8, 4) is 0 Å². The van der Waals surface area contributed by atoms with Crippen LogP contribution in [0.3, 0.4) is 0 Å². The molecule has 2 aromatic heterocycles. The van der Waals surface area contributed by atoms with Crippen LogP contribution in [0, 0.1) is 6.92 Å². The Hall–Kier alpha value is -1.62. The fourth-order valence-corrected chi connectivity index (χ4v) is 1.84. The maximum absolute atomic E-state index is 5.99. The summed E-state index contributed by atoms with van der Waals surface area (Å²) in [6.07, 6.45) is 7.53. The Labute approximate surface area is 111 Å². The lowest BCUT2D eigenvalue weighted by Crippen LogP contribution is -2.06. The molecule has 0 aliphatic rings. The molecule has 0 fully saturated rings. The molecule has 96 valence electrons. The molecule has 2 aromatic rings. The Kier molecular flexibility index (Phi) is 4.15. The molecule has 0 saturated carbocycles. The summed E-state index contributed by atoms with van der Waals surface area (Å²) in [5.74, 6) is 1.42. The molecule has 0 radical (unpaired) electrons. The van der Waals surface area contributed by atoms with Gasteiger partial charge < -0.3 is 5.32 Å². The van der Waals surface area contributed by atoms with Crippen molar-refractivity contribution in [1.29, 1.82) is 0 Å². The van der Waals surface area contributed by atoms with E-state index in [0.717, 1.165) is 19.4 Å². The molecule has 18 heavy (non-hydrogen) atoms. The molecule has 5 nitrogen and oxygen atoms in total. The Balaban J connectivity index is 1.80. The van der Waals surface area contributed by atoms with Gasteiger partial charge in [0, 0.05) is 19.8 Å². The van der Waals surface area contributed by atoms with Crippen LogP contribution in [0.2, 0.25) is 5.02 Å². The first-order chi connectivity index (χ1) is 8.65. The summed E-state index contributed by atoms with van der Waals surface area (Å²) in [7, 11) is 1.92. The number of aryl methyl sites for hydroxylation is 3. The summed E-state index contributed by atoms with van der Waals surface area (Å²) in [6, 6.07) is 0. The van der Waals surface area contributed by atoms with Crippen LogP contribution >= 0.6 is 11.6 Å². The van der Waals surface area contributed by atoms with Gasteiger partial charge in [-0.3, -0.25) is 4.68 Å². The third kappa shape index (κ3) is 3.43. The molecule has 0 aliphatic carbocycles. The predicted molar refractivity (Wildman–Crippen MR) is 71.8 cm³/mol. The molecule has 0 bridgehead atoms. The molecule has 6 heteroatoms. The number of hydrogen-bond donors (Lipinski definition) is 1. The quantitative estimate of drug-likeness (QED) is 0.843. The summed E-state index contributed by atoms with van der Waals surface area (Å²) in [5.41, 5.74) is 1.24. The molecule has 0 aliphatic heterocycles. The molecule has 0 amide bonds. The zero-order chi connectivity index (χ0) is 13.0. The fourth-order valence-electron chi connectivity index (χ4n) is 1.68. The van der Waals surface area contributed by atoms with Gasteiger partial charge in [-0.2, -0.15) is 5.10 Å². The predicted octanol–water partition coefficient (Wildman–Crippen LogP) is 2.22. The standard InChI is InChI=1S/C12H16ClN5/c1-9-15-7-11(13)12(17-9)14-5-3-4-10-6-16-18(2)8-10/h6-8H,3-5H2,1-2H3,(H,14,15,17). The van der Waals surface area contributed by atoms with Crippen molar-refractivity contribution in [1.82, 2.24) is 19.7 Å². The van der Waals surface area contributed by atoms with Crippen LogP contribution < -0.4 is 5.32 Å². The van der Waals surface area contributed by atoms with Crippen molar-refractivity contribution in [2.75, 3.05) is 11.9 Å². The van der Waals surface area contributed by atoms with E-state index < -0.39 is 0 Å². The molecule has 0 saturated heterocycles. The van der Waals surface area contributed by atoms with Crippen LogP contribution in [-0.2, 0) is 13.5 Å². The summed E-state index contributed by atoms with van der Waals surface area (Å²) in [6.45, 7) is 2.67. The van der Waals surface area contributed by atoms with Crippen molar-refractivity contribution in [3.63, 3.8) is 0 Å². The molecule has 2 rings (SSSR count). The first-order valence-electron chi connectivity index (χ1n) is 5.85.